The normalized spacial score (nSPS) is 23.6. The summed E-state index contributed by atoms with van der Waals surface area (Å²) in [6, 6.07) is 6.67. The largest absolute Gasteiger partial charge is 0.387 e. The van der Waals surface area contributed by atoms with Crippen molar-refractivity contribution in [3.63, 3.8) is 0 Å². The first-order valence-electron chi connectivity index (χ1n) is 6.34. The third-order valence-electron chi connectivity index (χ3n) is 3.60. The highest BCUT2D eigenvalue weighted by Gasteiger charge is 2.21. The third kappa shape index (κ3) is 3.27. The minimum Gasteiger partial charge on any atom is -0.387 e. The van der Waals surface area contributed by atoms with Crippen molar-refractivity contribution >= 4 is 0 Å². The minimum absolute atomic E-state index is 0.257. The molecule has 1 aromatic rings. The Morgan fingerprint density at radius 1 is 1.35 bits per heavy atom. The van der Waals surface area contributed by atoms with Crippen LogP contribution in [0.15, 0.2) is 24.3 Å². The Morgan fingerprint density at radius 3 is 2.71 bits per heavy atom. The van der Waals surface area contributed by atoms with E-state index in [-0.39, 0.29) is 5.82 Å². The van der Waals surface area contributed by atoms with Crippen LogP contribution in [0.4, 0.5) is 4.39 Å². The van der Waals surface area contributed by atoms with E-state index in [2.05, 4.69) is 11.8 Å². The molecular weight excluding hydrogens is 217 g/mol. The Morgan fingerprint density at radius 2 is 2.06 bits per heavy atom. The molecule has 1 aromatic carbocycles. The highest BCUT2D eigenvalue weighted by atomic mass is 19.1. The van der Waals surface area contributed by atoms with Gasteiger partial charge in [0.2, 0.25) is 0 Å². The van der Waals surface area contributed by atoms with Gasteiger partial charge in [0.1, 0.15) is 5.82 Å². The van der Waals surface area contributed by atoms with Crippen molar-refractivity contribution < 1.29 is 9.50 Å². The summed E-state index contributed by atoms with van der Waals surface area (Å²) in [4.78, 5) is 2.32. The summed E-state index contributed by atoms with van der Waals surface area (Å²) in [7, 11) is 0. The van der Waals surface area contributed by atoms with Crippen molar-refractivity contribution in [3.05, 3.63) is 35.6 Å². The third-order valence-corrected chi connectivity index (χ3v) is 3.60. The Labute approximate surface area is 102 Å². The highest BCUT2D eigenvalue weighted by molar-refractivity contribution is 5.18. The fourth-order valence-electron chi connectivity index (χ4n) is 2.44. The molecular formula is C14H20FNO. The van der Waals surface area contributed by atoms with E-state index in [1.54, 1.807) is 12.1 Å². The van der Waals surface area contributed by atoms with E-state index >= 15 is 0 Å². The summed E-state index contributed by atoms with van der Waals surface area (Å²) in [5.41, 5.74) is 0.796. The van der Waals surface area contributed by atoms with Gasteiger partial charge < -0.3 is 5.11 Å². The lowest BCUT2D eigenvalue weighted by molar-refractivity contribution is 0.0732. The quantitative estimate of drug-likeness (QED) is 0.873. The van der Waals surface area contributed by atoms with E-state index in [1.807, 2.05) is 0 Å². The van der Waals surface area contributed by atoms with Crippen LogP contribution in [-0.4, -0.2) is 29.1 Å². The maximum Gasteiger partial charge on any atom is 0.123 e. The van der Waals surface area contributed by atoms with Crippen molar-refractivity contribution in [2.75, 3.05) is 13.1 Å². The molecule has 2 nitrogen and oxygen atoms in total. The van der Waals surface area contributed by atoms with E-state index in [0.717, 1.165) is 12.1 Å². The molecule has 0 amide bonds. The number of hydrogen-bond donors (Lipinski definition) is 1. The Kier molecular flexibility index (Phi) is 4.13. The average Bonchev–Trinajstić information content (AvgIpc) is 2.33. The smallest absolute Gasteiger partial charge is 0.123 e. The number of likely N-dealkylation sites (tertiary alicyclic amines) is 1. The van der Waals surface area contributed by atoms with Crippen LogP contribution in [0.5, 0.6) is 0 Å². The van der Waals surface area contributed by atoms with Crippen LogP contribution in [0, 0.1) is 5.82 Å². The summed E-state index contributed by atoms with van der Waals surface area (Å²) in [6.07, 6.45) is 3.18. The number of aliphatic hydroxyl groups is 1. The van der Waals surface area contributed by atoms with E-state index < -0.39 is 6.10 Å². The molecule has 0 spiro atoms. The topological polar surface area (TPSA) is 23.5 Å². The summed E-state index contributed by atoms with van der Waals surface area (Å²) < 4.78 is 12.8. The van der Waals surface area contributed by atoms with Crippen LogP contribution >= 0.6 is 0 Å². The molecule has 0 saturated carbocycles. The van der Waals surface area contributed by atoms with E-state index in [9.17, 15) is 9.50 Å². The predicted molar refractivity (Wildman–Crippen MR) is 66.2 cm³/mol. The molecule has 1 N–H and O–H groups in total. The molecule has 1 aliphatic rings. The maximum atomic E-state index is 12.8. The van der Waals surface area contributed by atoms with Gasteiger partial charge in [-0.05, 0) is 44.0 Å². The molecule has 0 aliphatic carbocycles. The lowest BCUT2D eigenvalue weighted by Gasteiger charge is -2.34. The number of piperidine rings is 1. The number of aliphatic hydroxyl groups excluding tert-OH is 1. The second-order valence-corrected chi connectivity index (χ2v) is 4.91. The molecule has 1 fully saturated rings. The van der Waals surface area contributed by atoms with Gasteiger partial charge in [-0.3, -0.25) is 4.90 Å². The van der Waals surface area contributed by atoms with Crippen LogP contribution in [-0.2, 0) is 0 Å². The zero-order valence-electron chi connectivity index (χ0n) is 10.3. The first-order chi connectivity index (χ1) is 8.16. The molecule has 0 bridgehead atoms. The number of rotatable bonds is 3. The van der Waals surface area contributed by atoms with E-state index in [4.69, 9.17) is 0 Å². The minimum atomic E-state index is -0.517. The zero-order chi connectivity index (χ0) is 12.3. The van der Waals surface area contributed by atoms with Crippen LogP contribution < -0.4 is 0 Å². The van der Waals surface area contributed by atoms with Crippen molar-refractivity contribution in [1.82, 2.24) is 4.90 Å². The molecule has 2 unspecified atom stereocenters. The number of nitrogens with zero attached hydrogens (tertiary/aromatic N) is 1. The Hall–Kier alpha value is -0.930. The van der Waals surface area contributed by atoms with Gasteiger partial charge in [-0.2, -0.15) is 0 Å². The van der Waals surface area contributed by atoms with Crippen molar-refractivity contribution in [3.8, 4) is 0 Å². The number of hydrogen-bond acceptors (Lipinski definition) is 2. The van der Waals surface area contributed by atoms with Gasteiger partial charge in [-0.25, -0.2) is 4.39 Å². The SMILES string of the molecule is CC1CCCCN1CC(O)c1ccc(F)cc1. The van der Waals surface area contributed by atoms with Gasteiger partial charge in [0.25, 0.3) is 0 Å². The Balaban J connectivity index is 1.95. The molecule has 3 heteroatoms. The molecule has 94 valence electrons. The van der Waals surface area contributed by atoms with Crippen LogP contribution in [0.25, 0.3) is 0 Å². The van der Waals surface area contributed by atoms with Gasteiger partial charge in [0.15, 0.2) is 0 Å². The standard InChI is InChI=1S/C14H20FNO/c1-11-4-2-3-9-16(11)10-14(17)12-5-7-13(15)8-6-12/h5-8,11,14,17H,2-4,9-10H2,1H3. The average molecular weight is 237 g/mol. The Bertz CT molecular complexity index is 352. The van der Waals surface area contributed by atoms with Crippen LogP contribution in [0.1, 0.15) is 37.9 Å². The number of halogens is 1. The van der Waals surface area contributed by atoms with Gasteiger partial charge in [-0.1, -0.05) is 18.6 Å². The summed E-state index contributed by atoms with van der Waals surface area (Å²) >= 11 is 0. The van der Waals surface area contributed by atoms with Gasteiger partial charge >= 0.3 is 0 Å². The highest BCUT2D eigenvalue weighted by Crippen LogP contribution is 2.21. The first kappa shape index (κ1) is 12.5. The molecule has 2 rings (SSSR count). The van der Waals surface area contributed by atoms with Crippen LogP contribution in [0.3, 0.4) is 0 Å². The fourth-order valence-corrected chi connectivity index (χ4v) is 2.44. The molecule has 1 aliphatic heterocycles. The van der Waals surface area contributed by atoms with E-state index in [0.29, 0.717) is 12.6 Å². The van der Waals surface area contributed by atoms with Gasteiger partial charge in [0, 0.05) is 12.6 Å². The monoisotopic (exact) mass is 237 g/mol. The zero-order valence-corrected chi connectivity index (χ0v) is 10.3. The molecule has 17 heavy (non-hydrogen) atoms. The summed E-state index contributed by atoms with van der Waals surface area (Å²) in [6.45, 7) is 3.91. The number of β-amino-alcohol motifs (C(OH)–C–C–N with tert-alkyl or cyclic N) is 1. The summed E-state index contributed by atoms with van der Waals surface area (Å²) in [5, 5.41) is 10.1. The fraction of sp³-hybridized carbons (Fsp3) is 0.571. The van der Waals surface area contributed by atoms with Crippen LogP contribution in [0.2, 0.25) is 0 Å². The lowest BCUT2D eigenvalue weighted by Crippen LogP contribution is -2.40. The van der Waals surface area contributed by atoms with Gasteiger partial charge in [0.05, 0.1) is 6.10 Å². The molecule has 0 radical (unpaired) electrons. The lowest BCUT2D eigenvalue weighted by atomic mass is 10.0. The van der Waals surface area contributed by atoms with Crippen molar-refractivity contribution in [1.29, 1.82) is 0 Å². The first-order valence-corrected chi connectivity index (χ1v) is 6.34. The molecule has 2 atom stereocenters. The van der Waals surface area contributed by atoms with Gasteiger partial charge in [-0.15, -0.1) is 0 Å². The molecule has 1 saturated heterocycles. The number of benzene rings is 1. The molecule has 0 aromatic heterocycles. The maximum absolute atomic E-state index is 12.8. The second kappa shape index (κ2) is 5.61. The van der Waals surface area contributed by atoms with E-state index in [1.165, 1.54) is 31.4 Å². The second-order valence-electron chi connectivity index (χ2n) is 4.91. The summed E-state index contributed by atoms with van der Waals surface area (Å²) in [5.74, 6) is -0.257. The van der Waals surface area contributed by atoms with Crippen molar-refractivity contribution in [2.24, 2.45) is 0 Å². The predicted octanol–water partition coefficient (Wildman–Crippen LogP) is 2.73. The van der Waals surface area contributed by atoms with Crippen molar-refractivity contribution in [2.45, 2.75) is 38.3 Å². The molecule has 1 heterocycles.